The monoisotopic (exact) mass is 232 g/mol. The highest BCUT2D eigenvalue weighted by Gasteiger charge is 2.36. The summed E-state index contributed by atoms with van der Waals surface area (Å²) in [7, 11) is 1.53. The number of hydrogen-bond donors (Lipinski definition) is 1. The van der Waals surface area contributed by atoms with Crippen LogP contribution in [0.2, 0.25) is 0 Å². The fourth-order valence-electron chi connectivity index (χ4n) is 2.03. The van der Waals surface area contributed by atoms with Gasteiger partial charge in [-0.15, -0.1) is 0 Å². The second-order valence-corrected chi connectivity index (χ2v) is 4.35. The molecule has 1 saturated heterocycles. The lowest BCUT2D eigenvalue weighted by Gasteiger charge is -2.18. The largest absolute Gasteiger partial charge is 0.299 e. The minimum absolute atomic E-state index is 0.0597. The first kappa shape index (κ1) is 11.8. The van der Waals surface area contributed by atoms with E-state index in [9.17, 15) is 9.59 Å². The first-order valence-corrected chi connectivity index (χ1v) is 5.71. The molecule has 1 heterocycles. The number of imide groups is 1. The SMILES string of the molecule is C[C@H](NC1CC(=O)N(C)C1=O)c1ccccc1. The van der Waals surface area contributed by atoms with Gasteiger partial charge in [-0.2, -0.15) is 0 Å². The lowest BCUT2D eigenvalue weighted by Crippen LogP contribution is -2.38. The molecular formula is C13H16N2O2. The molecule has 2 rings (SSSR count). The Morgan fingerprint density at radius 3 is 2.47 bits per heavy atom. The van der Waals surface area contributed by atoms with Gasteiger partial charge < -0.3 is 0 Å². The van der Waals surface area contributed by atoms with Crippen LogP contribution < -0.4 is 5.32 Å². The molecule has 0 spiro atoms. The summed E-state index contributed by atoms with van der Waals surface area (Å²) in [6.45, 7) is 1.99. The van der Waals surface area contributed by atoms with E-state index >= 15 is 0 Å². The zero-order valence-corrected chi connectivity index (χ0v) is 10.0. The van der Waals surface area contributed by atoms with Crippen LogP contribution in [-0.2, 0) is 9.59 Å². The van der Waals surface area contributed by atoms with E-state index in [2.05, 4.69) is 5.32 Å². The Kier molecular flexibility index (Phi) is 3.24. The third-order valence-corrected chi connectivity index (χ3v) is 3.13. The highest BCUT2D eigenvalue weighted by atomic mass is 16.2. The standard InChI is InChI=1S/C13H16N2O2/c1-9(10-6-4-3-5-7-10)14-11-8-12(16)15(2)13(11)17/h3-7,9,11,14H,8H2,1-2H3/t9-,11?/m0/s1. The van der Waals surface area contributed by atoms with Gasteiger partial charge in [0.15, 0.2) is 0 Å². The van der Waals surface area contributed by atoms with Crippen LogP contribution >= 0.6 is 0 Å². The second-order valence-electron chi connectivity index (χ2n) is 4.35. The van der Waals surface area contributed by atoms with Gasteiger partial charge in [0.1, 0.15) is 0 Å². The normalized spacial score (nSPS) is 22.0. The highest BCUT2D eigenvalue weighted by Crippen LogP contribution is 2.17. The zero-order chi connectivity index (χ0) is 12.4. The van der Waals surface area contributed by atoms with E-state index in [0.29, 0.717) is 0 Å². The van der Waals surface area contributed by atoms with Gasteiger partial charge in [0.05, 0.1) is 12.5 Å². The molecule has 1 N–H and O–H groups in total. The first-order chi connectivity index (χ1) is 8.09. The predicted octanol–water partition coefficient (Wildman–Crippen LogP) is 1.09. The molecule has 1 aromatic rings. The number of likely N-dealkylation sites (N-methyl/N-ethyl adjacent to an activating group) is 1. The van der Waals surface area contributed by atoms with Crippen molar-refractivity contribution in [2.75, 3.05) is 7.05 Å². The van der Waals surface area contributed by atoms with E-state index in [1.807, 2.05) is 37.3 Å². The molecule has 1 unspecified atom stereocenters. The summed E-state index contributed by atoms with van der Waals surface area (Å²) < 4.78 is 0. The Balaban J connectivity index is 2.03. The molecule has 90 valence electrons. The summed E-state index contributed by atoms with van der Waals surface area (Å²) >= 11 is 0. The topological polar surface area (TPSA) is 49.4 Å². The number of nitrogens with zero attached hydrogens (tertiary/aromatic N) is 1. The van der Waals surface area contributed by atoms with Gasteiger partial charge >= 0.3 is 0 Å². The van der Waals surface area contributed by atoms with E-state index < -0.39 is 0 Å². The summed E-state index contributed by atoms with van der Waals surface area (Å²) in [5, 5.41) is 3.19. The van der Waals surface area contributed by atoms with E-state index in [-0.39, 0.29) is 30.3 Å². The molecule has 1 aromatic carbocycles. The first-order valence-electron chi connectivity index (χ1n) is 5.71. The molecule has 0 radical (unpaired) electrons. The fraction of sp³-hybridized carbons (Fsp3) is 0.385. The molecule has 0 saturated carbocycles. The maximum Gasteiger partial charge on any atom is 0.246 e. The van der Waals surface area contributed by atoms with Gasteiger partial charge in [-0.25, -0.2) is 0 Å². The summed E-state index contributed by atoms with van der Waals surface area (Å²) in [4.78, 5) is 24.3. The molecule has 1 aliphatic heterocycles. The Hall–Kier alpha value is -1.68. The number of benzene rings is 1. The molecule has 17 heavy (non-hydrogen) atoms. The summed E-state index contributed by atoms with van der Waals surface area (Å²) in [5.74, 6) is -0.259. The van der Waals surface area contributed by atoms with Crippen molar-refractivity contribution in [3.8, 4) is 0 Å². The van der Waals surface area contributed by atoms with Crippen molar-refractivity contribution in [3.63, 3.8) is 0 Å². The predicted molar refractivity (Wildman–Crippen MR) is 64.2 cm³/mol. The van der Waals surface area contributed by atoms with Crippen molar-refractivity contribution in [1.82, 2.24) is 10.2 Å². The van der Waals surface area contributed by atoms with E-state index in [4.69, 9.17) is 0 Å². The maximum atomic E-state index is 11.7. The van der Waals surface area contributed by atoms with Crippen LogP contribution in [-0.4, -0.2) is 29.8 Å². The van der Waals surface area contributed by atoms with Gasteiger partial charge in [0.2, 0.25) is 11.8 Å². The van der Waals surface area contributed by atoms with Crippen LogP contribution in [0.5, 0.6) is 0 Å². The smallest absolute Gasteiger partial charge is 0.246 e. The van der Waals surface area contributed by atoms with E-state index in [1.54, 1.807) is 0 Å². The van der Waals surface area contributed by atoms with Crippen LogP contribution in [0.3, 0.4) is 0 Å². The van der Waals surface area contributed by atoms with Crippen molar-refractivity contribution in [3.05, 3.63) is 35.9 Å². The molecular weight excluding hydrogens is 216 g/mol. The molecule has 2 amide bonds. The van der Waals surface area contributed by atoms with Crippen LogP contribution in [0, 0.1) is 0 Å². The third-order valence-electron chi connectivity index (χ3n) is 3.13. The van der Waals surface area contributed by atoms with Gasteiger partial charge in [-0.3, -0.25) is 19.8 Å². The van der Waals surface area contributed by atoms with Crippen LogP contribution in [0.1, 0.15) is 24.9 Å². The van der Waals surface area contributed by atoms with Gasteiger partial charge in [0.25, 0.3) is 0 Å². The van der Waals surface area contributed by atoms with Crippen molar-refractivity contribution in [2.45, 2.75) is 25.4 Å². The Bertz CT molecular complexity index is 430. The Morgan fingerprint density at radius 1 is 1.29 bits per heavy atom. The van der Waals surface area contributed by atoms with E-state index in [1.165, 1.54) is 11.9 Å². The lowest BCUT2D eigenvalue weighted by atomic mass is 10.1. The molecule has 4 heteroatoms. The average molecular weight is 232 g/mol. The fourth-order valence-corrected chi connectivity index (χ4v) is 2.03. The third kappa shape index (κ3) is 2.36. The molecule has 2 atom stereocenters. The number of hydrogen-bond acceptors (Lipinski definition) is 3. The van der Waals surface area contributed by atoms with E-state index in [0.717, 1.165) is 5.56 Å². The quantitative estimate of drug-likeness (QED) is 0.794. The van der Waals surface area contributed by atoms with Crippen LogP contribution in [0.4, 0.5) is 0 Å². The van der Waals surface area contributed by atoms with Gasteiger partial charge in [0, 0.05) is 13.1 Å². The molecule has 1 fully saturated rings. The number of nitrogens with one attached hydrogen (secondary N) is 1. The van der Waals surface area contributed by atoms with Crippen molar-refractivity contribution >= 4 is 11.8 Å². The van der Waals surface area contributed by atoms with Crippen molar-refractivity contribution < 1.29 is 9.59 Å². The molecule has 0 aromatic heterocycles. The summed E-state index contributed by atoms with van der Waals surface area (Å²) in [6, 6.07) is 9.55. The number of carbonyl (C=O) groups is 2. The molecule has 1 aliphatic rings. The Labute approximate surface area is 101 Å². The van der Waals surface area contributed by atoms with Crippen molar-refractivity contribution in [1.29, 1.82) is 0 Å². The van der Waals surface area contributed by atoms with Gasteiger partial charge in [-0.05, 0) is 12.5 Å². The number of carbonyl (C=O) groups excluding carboxylic acids is 2. The van der Waals surface area contributed by atoms with Crippen molar-refractivity contribution in [2.24, 2.45) is 0 Å². The van der Waals surface area contributed by atoms with Crippen LogP contribution in [0.15, 0.2) is 30.3 Å². The minimum atomic E-state index is -0.386. The molecule has 4 nitrogen and oxygen atoms in total. The maximum absolute atomic E-state index is 11.7. The van der Waals surface area contributed by atoms with Crippen LogP contribution in [0.25, 0.3) is 0 Å². The number of rotatable bonds is 3. The number of likely N-dealkylation sites (tertiary alicyclic amines) is 1. The highest BCUT2D eigenvalue weighted by molar-refractivity contribution is 6.05. The Morgan fingerprint density at radius 2 is 1.94 bits per heavy atom. The summed E-state index contributed by atoms with van der Waals surface area (Å²) in [6.07, 6.45) is 0.256. The molecule has 0 aliphatic carbocycles. The number of amides is 2. The summed E-state index contributed by atoms with van der Waals surface area (Å²) in [5.41, 5.74) is 1.11. The molecule has 0 bridgehead atoms. The second kappa shape index (κ2) is 4.67. The zero-order valence-electron chi connectivity index (χ0n) is 10.0. The lowest BCUT2D eigenvalue weighted by molar-refractivity contribution is -0.137. The van der Waals surface area contributed by atoms with Gasteiger partial charge in [-0.1, -0.05) is 30.3 Å². The minimum Gasteiger partial charge on any atom is -0.299 e. The average Bonchev–Trinajstić information content (AvgIpc) is 2.58.